The van der Waals surface area contributed by atoms with Crippen LogP contribution in [0.15, 0.2) is 59.7 Å². The lowest BCUT2D eigenvalue weighted by molar-refractivity contribution is -0.151. The van der Waals surface area contributed by atoms with Crippen molar-refractivity contribution < 1.29 is 14.3 Å². The van der Waals surface area contributed by atoms with E-state index < -0.39 is 6.04 Å². The average molecular weight is 483 g/mol. The number of para-hydroxylation sites is 1. The number of halogens is 1. The minimum atomic E-state index is -0.545. The number of aromatic nitrogens is 2. The van der Waals surface area contributed by atoms with Crippen molar-refractivity contribution in [3.8, 4) is 0 Å². The molecule has 0 N–H and O–H groups in total. The maximum atomic E-state index is 12.8. The second-order valence-electron chi connectivity index (χ2n) is 8.13. The molecule has 4 rings (SSSR count). The Hall–Kier alpha value is -3.23. The fraction of sp³-hybridized carbons (Fsp3) is 0.360. The summed E-state index contributed by atoms with van der Waals surface area (Å²) in [5.74, 6) is -0.341. The Bertz CT molecular complexity index is 1220. The van der Waals surface area contributed by atoms with Gasteiger partial charge in [-0.25, -0.2) is 9.78 Å². The lowest BCUT2D eigenvalue weighted by Crippen LogP contribution is -2.51. The summed E-state index contributed by atoms with van der Waals surface area (Å²) in [6.07, 6.45) is 1.70. The first-order valence-electron chi connectivity index (χ1n) is 11.4. The van der Waals surface area contributed by atoms with E-state index in [1.807, 2.05) is 23.1 Å². The van der Waals surface area contributed by atoms with Crippen LogP contribution in [0, 0.1) is 0 Å². The molecule has 1 aliphatic rings. The summed E-state index contributed by atoms with van der Waals surface area (Å²) < 4.78 is 6.79. The number of amides is 1. The van der Waals surface area contributed by atoms with Crippen molar-refractivity contribution in [1.29, 1.82) is 0 Å². The number of carbonyl (C=O) groups is 2. The van der Waals surface area contributed by atoms with Crippen LogP contribution in [-0.2, 0) is 20.9 Å². The molecule has 0 aliphatic carbocycles. The minimum absolute atomic E-state index is 0.0288. The molecule has 1 aliphatic heterocycles. The largest absolute Gasteiger partial charge is 0.465 e. The molecule has 2 heterocycles. The van der Waals surface area contributed by atoms with Gasteiger partial charge in [0, 0.05) is 44.2 Å². The number of aryl methyl sites for hydroxylation is 1. The number of rotatable bonds is 7. The van der Waals surface area contributed by atoms with E-state index in [1.165, 1.54) is 10.9 Å². The van der Waals surface area contributed by atoms with Gasteiger partial charge in [-0.3, -0.25) is 19.1 Å². The molecular formula is C25H27ClN4O4. The first-order valence-corrected chi connectivity index (χ1v) is 11.7. The molecule has 0 saturated carbocycles. The summed E-state index contributed by atoms with van der Waals surface area (Å²) >= 11 is 6.01. The Kier molecular flexibility index (Phi) is 7.59. The topological polar surface area (TPSA) is 84.7 Å². The van der Waals surface area contributed by atoms with Gasteiger partial charge >= 0.3 is 5.97 Å². The third-order valence-electron chi connectivity index (χ3n) is 6.03. The summed E-state index contributed by atoms with van der Waals surface area (Å²) in [6, 6.07) is 13.8. The van der Waals surface area contributed by atoms with Crippen molar-refractivity contribution in [2.45, 2.75) is 25.9 Å². The lowest BCUT2D eigenvalue weighted by atomic mass is 10.0. The lowest BCUT2D eigenvalue weighted by Gasteiger charge is -2.38. The molecule has 8 nitrogen and oxygen atoms in total. The van der Waals surface area contributed by atoms with E-state index in [-0.39, 0.29) is 30.4 Å². The van der Waals surface area contributed by atoms with Crippen molar-refractivity contribution in [1.82, 2.24) is 19.4 Å². The SMILES string of the molecule is CCOC(=O)C(c1ccc(Cl)cc1)N1CCN(C(=O)CCn2cnc3ccccc3c2=O)CC1. The number of nitrogens with zero attached hydrogens (tertiary/aromatic N) is 4. The molecule has 2 aromatic carbocycles. The number of piperazine rings is 1. The number of carbonyl (C=O) groups excluding carboxylic acids is 2. The highest BCUT2D eigenvalue weighted by Gasteiger charge is 2.32. The molecule has 9 heteroatoms. The first kappa shape index (κ1) is 23.9. The summed E-state index contributed by atoms with van der Waals surface area (Å²) in [6.45, 7) is 4.41. The Labute approximate surface area is 202 Å². The Morgan fingerprint density at radius 1 is 1.06 bits per heavy atom. The molecule has 1 fully saturated rings. The Morgan fingerprint density at radius 3 is 2.47 bits per heavy atom. The van der Waals surface area contributed by atoms with Crippen molar-refractivity contribution >= 4 is 34.4 Å². The van der Waals surface area contributed by atoms with Crippen LogP contribution < -0.4 is 5.56 Å². The number of benzene rings is 2. The predicted molar refractivity (Wildman–Crippen MR) is 130 cm³/mol. The molecule has 1 aromatic heterocycles. The fourth-order valence-corrected chi connectivity index (χ4v) is 4.36. The average Bonchev–Trinajstić information content (AvgIpc) is 2.85. The quantitative estimate of drug-likeness (QED) is 0.481. The van der Waals surface area contributed by atoms with E-state index in [0.29, 0.717) is 48.7 Å². The first-order chi connectivity index (χ1) is 16.5. The molecule has 0 radical (unpaired) electrons. The molecular weight excluding hydrogens is 456 g/mol. The second kappa shape index (κ2) is 10.8. The monoisotopic (exact) mass is 482 g/mol. The molecule has 34 heavy (non-hydrogen) atoms. The maximum Gasteiger partial charge on any atom is 0.328 e. The fourth-order valence-electron chi connectivity index (χ4n) is 4.23. The number of fused-ring (bicyclic) bond motifs is 1. The summed E-state index contributed by atoms with van der Waals surface area (Å²) in [7, 11) is 0. The van der Waals surface area contributed by atoms with Crippen LogP contribution in [0.25, 0.3) is 10.9 Å². The third-order valence-corrected chi connectivity index (χ3v) is 6.28. The molecule has 1 saturated heterocycles. The molecule has 1 atom stereocenters. The van der Waals surface area contributed by atoms with Crippen molar-refractivity contribution in [2.75, 3.05) is 32.8 Å². The van der Waals surface area contributed by atoms with E-state index in [1.54, 1.807) is 42.2 Å². The maximum absolute atomic E-state index is 12.8. The van der Waals surface area contributed by atoms with E-state index in [0.717, 1.165) is 5.56 Å². The van der Waals surface area contributed by atoms with Crippen molar-refractivity contribution in [2.24, 2.45) is 0 Å². The normalized spacial score (nSPS) is 15.3. The van der Waals surface area contributed by atoms with Crippen LogP contribution in [0.3, 0.4) is 0 Å². The summed E-state index contributed by atoms with van der Waals surface area (Å²) in [5, 5.41) is 1.14. The van der Waals surface area contributed by atoms with Gasteiger partial charge in [-0.2, -0.15) is 0 Å². The molecule has 1 amide bonds. The van der Waals surface area contributed by atoms with Gasteiger partial charge in [0.2, 0.25) is 5.91 Å². The zero-order valence-corrected chi connectivity index (χ0v) is 19.8. The van der Waals surface area contributed by atoms with Crippen LogP contribution >= 0.6 is 11.6 Å². The van der Waals surface area contributed by atoms with Gasteiger partial charge in [0.15, 0.2) is 0 Å². The molecule has 0 spiro atoms. The highest BCUT2D eigenvalue weighted by atomic mass is 35.5. The van der Waals surface area contributed by atoms with Crippen LogP contribution in [0.2, 0.25) is 5.02 Å². The number of esters is 1. The second-order valence-corrected chi connectivity index (χ2v) is 8.57. The highest BCUT2D eigenvalue weighted by molar-refractivity contribution is 6.30. The van der Waals surface area contributed by atoms with E-state index in [4.69, 9.17) is 16.3 Å². The Balaban J connectivity index is 1.38. The van der Waals surface area contributed by atoms with Crippen LogP contribution in [0.5, 0.6) is 0 Å². The molecule has 3 aromatic rings. The van der Waals surface area contributed by atoms with Gasteiger partial charge in [-0.15, -0.1) is 0 Å². The molecule has 178 valence electrons. The van der Waals surface area contributed by atoms with Crippen LogP contribution in [0.4, 0.5) is 0 Å². The Morgan fingerprint density at radius 2 is 1.76 bits per heavy atom. The van der Waals surface area contributed by atoms with Crippen molar-refractivity contribution in [3.05, 3.63) is 75.8 Å². The predicted octanol–water partition coefficient (Wildman–Crippen LogP) is 2.89. The van der Waals surface area contributed by atoms with Gasteiger partial charge in [0.25, 0.3) is 5.56 Å². The third kappa shape index (κ3) is 5.29. The van der Waals surface area contributed by atoms with E-state index in [9.17, 15) is 14.4 Å². The highest BCUT2D eigenvalue weighted by Crippen LogP contribution is 2.25. The zero-order valence-electron chi connectivity index (χ0n) is 19.0. The number of hydrogen-bond donors (Lipinski definition) is 0. The zero-order chi connectivity index (χ0) is 24.1. The molecule has 1 unspecified atom stereocenters. The van der Waals surface area contributed by atoms with E-state index >= 15 is 0 Å². The number of ether oxygens (including phenoxy) is 1. The summed E-state index contributed by atoms with van der Waals surface area (Å²) in [4.78, 5) is 46.3. The van der Waals surface area contributed by atoms with Gasteiger partial charge in [-0.05, 0) is 36.8 Å². The standard InChI is InChI=1S/C25H27ClN4O4/c1-2-34-25(33)23(18-7-9-19(26)10-8-18)29-15-13-28(14-16-29)22(31)11-12-30-17-27-21-6-4-3-5-20(21)24(30)32/h3-10,17,23H,2,11-16H2,1H3. The van der Waals surface area contributed by atoms with Gasteiger partial charge in [-0.1, -0.05) is 35.9 Å². The smallest absolute Gasteiger partial charge is 0.328 e. The van der Waals surface area contributed by atoms with Gasteiger partial charge < -0.3 is 9.64 Å². The van der Waals surface area contributed by atoms with Crippen LogP contribution in [0.1, 0.15) is 24.9 Å². The van der Waals surface area contributed by atoms with Crippen molar-refractivity contribution in [3.63, 3.8) is 0 Å². The number of hydrogen-bond acceptors (Lipinski definition) is 6. The van der Waals surface area contributed by atoms with Crippen LogP contribution in [-0.4, -0.2) is 64.0 Å². The van der Waals surface area contributed by atoms with E-state index in [2.05, 4.69) is 4.98 Å². The van der Waals surface area contributed by atoms with Gasteiger partial charge in [0.1, 0.15) is 6.04 Å². The van der Waals surface area contributed by atoms with Gasteiger partial charge in [0.05, 0.1) is 23.8 Å². The molecule has 0 bridgehead atoms. The minimum Gasteiger partial charge on any atom is -0.465 e. The summed E-state index contributed by atoms with van der Waals surface area (Å²) in [5.41, 5.74) is 1.30.